The molecule has 0 atom stereocenters. The molecule has 0 aliphatic heterocycles. The molecule has 126 valence electrons. The normalized spacial score (nSPS) is 15.1. The minimum Gasteiger partial charge on any atom is -0.493 e. The van der Waals surface area contributed by atoms with Crippen molar-refractivity contribution in [2.45, 2.75) is 26.7 Å². The van der Waals surface area contributed by atoms with Crippen LogP contribution in [-0.2, 0) is 9.59 Å². The molecule has 0 unspecified atom stereocenters. The van der Waals surface area contributed by atoms with E-state index in [1.165, 1.54) is 0 Å². The summed E-state index contributed by atoms with van der Waals surface area (Å²) in [6.45, 7) is 4.75. The molecular formula is C17H23NO5. The molecule has 6 nitrogen and oxygen atoms in total. The highest BCUT2D eigenvalue weighted by Gasteiger charge is 2.50. The van der Waals surface area contributed by atoms with Crippen molar-refractivity contribution < 1.29 is 24.2 Å². The number of benzene rings is 1. The number of aliphatic carboxylic acids is 1. The van der Waals surface area contributed by atoms with Crippen LogP contribution in [0.5, 0.6) is 11.5 Å². The van der Waals surface area contributed by atoms with Gasteiger partial charge in [-0.3, -0.25) is 9.59 Å². The molecule has 2 N–H and O–H groups in total. The highest BCUT2D eigenvalue weighted by atomic mass is 16.5. The lowest BCUT2D eigenvalue weighted by Gasteiger charge is -2.12. The maximum atomic E-state index is 11.8. The summed E-state index contributed by atoms with van der Waals surface area (Å²) in [6, 6.07) is 7.11. The van der Waals surface area contributed by atoms with Crippen LogP contribution in [0, 0.1) is 11.3 Å². The zero-order valence-corrected chi connectivity index (χ0v) is 13.5. The number of rotatable bonds is 9. The summed E-state index contributed by atoms with van der Waals surface area (Å²) in [5.74, 6) is 0.481. The SMILES string of the molecule is CC(C)COc1cccc(OCC(=O)NCC2(C(=O)O)CC2)c1. The van der Waals surface area contributed by atoms with Gasteiger partial charge in [0.05, 0.1) is 12.0 Å². The van der Waals surface area contributed by atoms with Gasteiger partial charge in [0.2, 0.25) is 0 Å². The number of hydrogen-bond acceptors (Lipinski definition) is 4. The van der Waals surface area contributed by atoms with E-state index in [0.717, 1.165) is 0 Å². The quantitative estimate of drug-likeness (QED) is 0.727. The third-order valence-electron chi connectivity index (χ3n) is 3.69. The van der Waals surface area contributed by atoms with Crippen molar-refractivity contribution in [1.29, 1.82) is 0 Å². The molecule has 1 amide bonds. The highest BCUT2D eigenvalue weighted by Crippen LogP contribution is 2.45. The molecule has 0 bridgehead atoms. The number of carbonyl (C=O) groups is 2. The third-order valence-corrected chi connectivity index (χ3v) is 3.69. The molecule has 23 heavy (non-hydrogen) atoms. The molecule has 1 saturated carbocycles. The van der Waals surface area contributed by atoms with Crippen molar-refractivity contribution in [3.05, 3.63) is 24.3 Å². The predicted octanol–water partition coefficient (Wildman–Crippen LogP) is 2.08. The fourth-order valence-corrected chi connectivity index (χ4v) is 2.00. The summed E-state index contributed by atoms with van der Waals surface area (Å²) >= 11 is 0. The Labute approximate surface area is 135 Å². The molecule has 1 aromatic rings. The Balaban J connectivity index is 1.75. The Kier molecular flexibility index (Phi) is 5.47. The molecular weight excluding hydrogens is 298 g/mol. The first-order valence-electron chi connectivity index (χ1n) is 7.77. The van der Waals surface area contributed by atoms with Crippen molar-refractivity contribution in [2.24, 2.45) is 11.3 Å². The molecule has 1 aromatic carbocycles. The van der Waals surface area contributed by atoms with E-state index in [9.17, 15) is 9.59 Å². The van der Waals surface area contributed by atoms with E-state index < -0.39 is 11.4 Å². The number of hydrogen-bond donors (Lipinski definition) is 2. The standard InChI is InChI=1S/C17H23NO5/c1-12(2)9-22-13-4-3-5-14(8-13)23-10-15(19)18-11-17(6-7-17)16(20)21/h3-5,8,12H,6-7,9-11H2,1-2H3,(H,18,19)(H,20,21). The second kappa shape index (κ2) is 7.35. The van der Waals surface area contributed by atoms with Crippen molar-refractivity contribution in [2.75, 3.05) is 19.8 Å². The Morgan fingerprint density at radius 2 is 1.91 bits per heavy atom. The van der Waals surface area contributed by atoms with E-state index in [1.807, 2.05) is 6.07 Å². The summed E-state index contributed by atoms with van der Waals surface area (Å²) < 4.78 is 11.0. The van der Waals surface area contributed by atoms with Gasteiger partial charge >= 0.3 is 5.97 Å². The lowest BCUT2D eigenvalue weighted by molar-refractivity contribution is -0.143. The van der Waals surface area contributed by atoms with E-state index in [0.29, 0.717) is 36.9 Å². The summed E-state index contributed by atoms with van der Waals surface area (Å²) in [6.07, 6.45) is 1.22. The molecule has 0 heterocycles. The monoisotopic (exact) mass is 321 g/mol. The number of carboxylic acids is 1. The van der Waals surface area contributed by atoms with Gasteiger partial charge in [0.15, 0.2) is 6.61 Å². The van der Waals surface area contributed by atoms with Gasteiger partial charge in [-0.15, -0.1) is 0 Å². The topological polar surface area (TPSA) is 84.9 Å². The van der Waals surface area contributed by atoms with Crippen molar-refractivity contribution >= 4 is 11.9 Å². The van der Waals surface area contributed by atoms with E-state index in [-0.39, 0.29) is 19.1 Å². The van der Waals surface area contributed by atoms with Crippen LogP contribution in [0.15, 0.2) is 24.3 Å². The summed E-state index contributed by atoms with van der Waals surface area (Å²) in [5, 5.41) is 11.7. The van der Waals surface area contributed by atoms with Crippen LogP contribution in [0.3, 0.4) is 0 Å². The van der Waals surface area contributed by atoms with Crippen LogP contribution < -0.4 is 14.8 Å². The zero-order valence-electron chi connectivity index (χ0n) is 13.5. The van der Waals surface area contributed by atoms with Crippen LogP contribution in [0.25, 0.3) is 0 Å². The molecule has 0 saturated heterocycles. The predicted molar refractivity (Wildman–Crippen MR) is 84.6 cm³/mol. The van der Waals surface area contributed by atoms with Gasteiger partial charge in [0, 0.05) is 12.6 Å². The Morgan fingerprint density at radius 1 is 1.26 bits per heavy atom. The number of carboxylic acid groups (broad SMARTS) is 1. The Morgan fingerprint density at radius 3 is 2.48 bits per heavy atom. The first-order valence-corrected chi connectivity index (χ1v) is 7.77. The van der Waals surface area contributed by atoms with Crippen molar-refractivity contribution in [1.82, 2.24) is 5.32 Å². The second-order valence-corrected chi connectivity index (χ2v) is 6.33. The average Bonchev–Trinajstić information content (AvgIpc) is 3.31. The van der Waals surface area contributed by atoms with Crippen molar-refractivity contribution in [3.63, 3.8) is 0 Å². The molecule has 2 rings (SSSR count). The molecule has 1 aliphatic carbocycles. The molecule has 1 fully saturated rings. The zero-order chi connectivity index (χ0) is 16.9. The minimum atomic E-state index is -0.853. The van der Waals surface area contributed by atoms with Gasteiger partial charge in [-0.1, -0.05) is 19.9 Å². The van der Waals surface area contributed by atoms with Gasteiger partial charge in [-0.05, 0) is 30.9 Å². The van der Waals surface area contributed by atoms with Crippen LogP contribution >= 0.6 is 0 Å². The molecule has 0 aromatic heterocycles. The fourth-order valence-electron chi connectivity index (χ4n) is 2.00. The molecule has 1 aliphatic rings. The largest absolute Gasteiger partial charge is 0.493 e. The average molecular weight is 321 g/mol. The number of carbonyl (C=O) groups excluding carboxylic acids is 1. The van der Waals surface area contributed by atoms with Gasteiger partial charge in [0.1, 0.15) is 11.5 Å². The maximum Gasteiger partial charge on any atom is 0.311 e. The lowest BCUT2D eigenvalue weighted by atomic mass is 10.1. The van der Waals surface area contributed by atoms with Crippen LogP contribution in [0.1, 0.15) is 26.7 Å². The van der Waals surface area contributed by atoms with Crippen molar-refractivity contribution in [3.8, 4) is 11.5 Å². The van der Waals surface area contributed by atoms with Gasteiger partial charge in [-0.25, -0.2) is 0 Å². The maximum absolute atomic E-state index is 11.8. The third kappa shape index (κ3) is 5.16. The van der Waals surface area contributed by atoms with E-state index in [2.05, 4.69) is 19.2 Å². The first kappa shape index (κ1) is 17.1. The van der Waals surface area contributed by atoms with Gasteiger partial charge in [0.25, 0.3) is 5.91 Å². The van der Waals surface area contributed by atoms with E-state index in [1.54, 1.807) is 18.2 Å². The Bertz CT molecular complexity index is 566. The van der Waals surface area contributed by atoms with E-state index >= 15 is 0 Å². The minimum absolute atomic E-state index is 0.149. The second-order valence-electron chi connectivity index (χ2n) is 6.33. The van der Waals surface area contributed by atoms with Gasteiger partial charge in [-0.2, -0.15) is 0 Å². The molecule has 0 spiro atoms. The lowest BCUT2D eigenvalue weighted by Crippen LogP contribution is -2.36. The summed E-state index contributed by atoms with van der Waals surface area (Å²) in [4.78, 5) is 22.8. The first-order chi connectivity index (χ1) is 10.9. The Hall–Kier alpha value is -2.24. The van der Waals surface area contributed by atoms with E-state index in [4.69, 9.17) is 14.6 Å². The molecule has 6 heteroatoms. The summed E-state index contributed by atoms with van der Waals surface area (Å²) in [7, 11) is 0. The van der Waals surface area contributed by atoms with Crippen LogP contribution in [0.4, 0.5) is 0 Å². The van der Waals surface area contributed by atoms with Crippen LogP contribution in [-0.4, -0.2) is 36.7 Å². The van der Waals surface area contributed by atoms with Gasteiger partial charge < -0.3 is 19.9 Å². The molecule has 0 radical (unpaired) electrons. The highest BCUT2D eigenvalue weighted by molar-refractivity contribution is 5.81. The number of amides is 1. The number of nitrogens with one attached hydrogen (secondary N) is 1. The number of ether oxygens (including phenoxy) is 2. The smallest absolute Gasteiger partial charge is 0.311 e. The van der Waals surface area contributed by atoms with Crippen LogP contribution in [0.2, 0.25) is 0 Å². The summed E-state index contributed by atoms with van der Waals surface area (Å²) in [5.41, 5.74) is -0.764. The fraction of sp³-hybridized carbons (Fsp3) is 0.529.